The van der Waals surface area contributed by atoms with Crippen molar-refractivity contribution in [2.75, 3.05) is 13.2 Å². The van der Waals surface area contributed by atoms with Crippen LogP contribution in [0.1, 0.15) is 323 Å². The Morgan fingerprint density at radius 1 is 0.269 bits per heavy atom. The van der Waals surface area contributed by atoms with Crippen molar-refractivity contribution in [1.82, 2.24) is 0 Å². The van der Waals surface area contributed by atoms with E-state index in [1.54, 1.807) is 0 Å². The molecule has 0 aromatic heterocycles. The van der Waals surface area contributed by atoms with Gasteiger partial charge in [-0.3, -0.25) is 14.4 Å². The second-order valence-electron chi connectivity index (χ2n) is 22.0. The van der Waals surface area contributed by atoms with Crippen molar-refractivity contribution in [3.63, 3.8) is 0 Å². The molecule has 6 heteroatoms. The fraction of sp³-hybridized carbons (Fsp3) is 0.736. The van der Waals surface area contributed by atoms with Crippen LogP contribution in [0.2, 0.25) is 0 Å². The Labute approximate surface area is 483 Å². The van der Waals surface area contributed by atoms with Crippen molar-refractivity contribution in [2.45, 2.75) is 329 Å². The number of unbranched alkanes of at least 4 members (excludes halogenated alkanes) is 33. The first-order valence-corrected chi connectivity index (χ1v) is 33.2. The van der Waals surface area contributed by atoms with Crippen molar-refractivity contribution in [3.05, 3.63) is 97.2 Å². The molecule has 0 fully saturated rings. The van der Waals surface area contributed by atoms with Crippen LogP contribution in [0.5, 0.6) is 0 Å². The van der Waals surface area contributed by atoms with E-state index in [0.717, 1.165) is 128 Å². The zero-order valence-electron chi connectivity index (χ0n) is 51.4. The average Bonchev–Trinajstić information content (AvgIpc) is 3.44. The summed E-state index contributed by atoms with van der Waals surface area (Å²) in [6.07, 6.45) is 88.7. The molecule has 1 unspecified atom stereocenters. The Morgan fingerprint density at radius 3 is 0.859 bits per heavy atom. The third-order valence-electron chi connectivity index (χ3n) is 14.3. The summed E-state index contributed by atoms with van der Waals surface area (Å²) in [5, 5.41) is 0. The SMILES string of the molecule is CC/C=C\C/C=C\C/C=C\C/C=C\C/C=C\C/C=C\C/C=C\CCCCCC(=O)OCC(COC(=O)CCCCCCC/C=C\CCC)OC(=O)CCCCCCCCCCCCCCCCCCCCCCCCCCC. The van der Waals surface area contributed by atoms with E-state index in [4.69, 9.17) is 14.2 Å². The maximum Gasteiger partial charge on any atom is 0.306 e. The van der Waals surface area contributed by atoms with Gasteiger partial charge in [0, 0.05) is 19.3 Å². The fourth-order valence-electron chi connectivity index (χ4n) is 9.37. The van der Waals surface area contributed by atoms with Crippen LogP contribution in [0, 0.1) is 0 Å². The standard InChI is InChI=1S/C72H124O6/c1-4-7-10-13-16-19-22-24-26-28-30-32-34-36-38-40-42-44-46-48-50-53-56-59-62-65-71(74)77-68-69(67-76-70(73)64-61-58-55-52-21-18-15-12-9-6-3)78-72(75)66-63-60-57-54-51-49-47-45-43-41-39-37-35-33-31-29-27-25-23-20-17-14-11-8-5-2/h7,10,12,15-16,19,24,26,30,32,36,38,42,44,48,50,69H,4-6,8-9,11,13-14,17-18,20-23,25,27-29,31,33-35,37,39-41,43,45-47,49,51-68H2,1-3H3/b10-7-,15-12-,19-16-,26-24-,32-30-,38-36-,44-42-,50-48-. The van der Waals surface area contributed by atoms with Crippen LogP contribution in [0.25, 0.3) is 0 Å². The van der Waals surface area contributed by atoms with Gasteiger partial charge in [-0.15, -0.1) is 0 Å². The molecule has 448 valence electrons. The maximum atomic E-state index is 12.9. The van der Waals surface area contributed by atoms with Gasteiger partial charge >= 0.3 is 17.9 Å². The van der Waals surface area contributed by atoms with Crippen molar-refractivity contribution < 1.29 is 28.6 Å². The number of ether oxygens (including phenoxy) is 3. The second kappa shape index (κ2) is 65.8. The molecule has 0 amide bonds. The number of allylic oxidation sites excluding steroid dienone is 16. The van der Waals surface area contributed by atoms with E-state index in [1.165, 1.54) is 154 Å². The first-order valence-electron chi connectivity index (χ1n) is 33.2. The number of rotatable bonds is 60. The lowest BCUT2D eigenvalue weighted by atomic mass is 10.0. The Bertz CT molecular complexity index is 1530. The van der Waals surface area contributed by atoms with Crippen molar-refractivity contribution in [3.8, 4) is 0 Å². The maximum absolute atomic E-state index is 12.9. The van der Waals surface area contributed by atoms with Gasteiger partial charge in [-0.2, -0.15) is 0 Å². The molecule has 0 saturated carbocycles. The molecule has 0 aliphatic heterocycles. The summed E-state index contributed by atoms with van der Waals surface area (Å²) >= 11 is 0. The molecule has 0 radical (unpaired) electrons. The fourth-order valence-corrected chi connectivity index (χ4v) is 9.37. The molecule has 0 saturated heterocycles. The summed E-state index contributed by atoms with van der Waals surface area (Å²) in [6, 6.07) is 0. The number of carbonyl (C=O) groups excluding carboxylic acids is 3. The van der Waals surface area contributed by atoms with Crippen LogP contribution in [0.4, 0.5) is 0 Å². The largest absolute Gasteiger partial charge is 0.462 e. The molecule has 0 rings (SSSR count). The Hall–Kier alpha value is -3.67. The molecule has 0 bridgehead atoms. The first-order chi connectivity index (χ1) is 38.5. The van der Waals surface area contributed by atoms with E-state index in [0.29, 0.717) is 19.3 Å². The van der Waals surface area contributed by atoms with Gasteiger partial charge in [-0.05, 0) is 96.3 Å². The highest BCUT2D eigenvalue weighted by Crippen LogP contribution is 2.17. The zero-order chi connectivity index (χ0) is 56.4. The lowest BCUT2D eigenvalue weighted by Crippen LogP contribution is -2.30. The summed E-state index contributed by atoms with van der Waals surface area (Å²) in [7, 11) is 0. The number of hydrogen-bond donors (Lipinski definition) is 0. The molecule has 0 heterocycles. The predicted molar refractivity (Wildman–Crippen MR) is 339 cm³/mol. The van der Waals surface area contributed by atoms with Crippen LogP contribution in [-0.2, 0) is 28.6 Å². The van der Waals surface area contributed by atoms with Gasteiger partial charge in [-0.25, -0.2) is 0 Å². The minimum absolute atomic E-state index is 0.0909. The van der Waals surface area contributed by atoms with Crippen molar-refractivity contribution in [2.24, 2.45) is 0 Å². The number of hydrogen-bond acceptors (Lipinski definition) is 6. The van der Waals surface area contributed by atoms with Gasteiger partial charge in [0.1, 0.15) is 13.2 Å². The van der Waals surface area contributed by atoms with E-state index < -0.39 is 6.10 Å². The van der Waals surface area contributed by atoms with Crippen LogP contribution in [-0.4, -0.2) is 37.2 Å². The minimum atomic E-state index is -0.795. The van der Waals surface area contributed by atoms with E-state index in [2.05, 4.69) is 118 Å². The smallest absolute Gasteiger partial charge is 0.306 e. The van der Waals surface area contributed by atoms with E-state index in [-0.39, 0.29) is 31.1 Å². The molecule has 0 aliphatic carbocycles. The summed E-state index contributed by atoms with van der Waals surface area (Å²) in [5.74, 6) is -0.923. The molecule has 6 nitrogen and oxygen atoms in total. The summed E-state index contributed by atoms with van der Waals surface area (Å²) in [6.45, 7) is 6.46. The van der Waals surface area contributed by atoms with Gasteiger partial charge in [-0.1, -0.05) is 304 Å². The van der Waals surface area contributed by atoms with Gasteiger partial charge < -0.3 is 14.2 Å². The monoisotopic (exact) mass is 1080 g/mol. The Morgan fingerprint density at radius 2 is 0.526 bits per heavy atom. The molecule has 0 aliphatic rings. The van der Waals surface area contributed by atoms with Gasteiger partial charge in [0.05, 0.1) is 0 Å². The van der Waals surface area contributed by atoms with Crippen LogP contribution < -0.4 is 0 Å². The molecule has 0 aromatic carbocycles. The Kier molecular flexibility index (Phi) is 62.7. The van der Waals surface area contributed by atoms with E-state index in [9.17, 15) is 14.4 Å². The topological polar surface area (TPSA) is 78.9 Å². The first kappa shape index (κ1) is 74.3. The molecule has 1 atom stereocenters. The van der Waals surface area contributed by atoms with Crippen LogP contribution in [0.15, 0.2) is 97.2 Å². The normalized spacial score (nSPS) is 12.7. The number of carbonyl (C=O) groups is 3. The lowest BCUT2D eigenvalue weighted by Gasteiger charge is -2.18. The van der Waals surface area contributed by atoms with Gasteiger partial charge in [0.25, 0.3) is 0 Å². The second-order valence-corrected chi connectivity index (χ2v) is 22.0. The molecule has 0 spiro atoms. The lowest BCUT2D eigenvalue weighted by molar-refractivity contribution is -0.167. The highest BCUT2D eigenvalue weighted by Gasteiger charge is 2.19. The summed E-state index contributed by atoms with van der Waals surface area (Å²) in [5.41, 5.74) is 0. The highest BCUT2D eigenvalue weighted by atomic mass is 16.6. The van der Waals surface area contributed by atoms with Gasteiger partial charge in [0.2, 0.25) is 0 Å². The third kappa shape index (κ3) is 63.2. The molecule has 78 heavy (non-hydrogen) atoms. The zero-order valence-corrected chi connectivity index (χ0v) is 51.4. The van der Waals surface area contributed by atoms with Crippen LogP contribution in [0.3, 0.4) is 0 Å². The summed E-state index contributed by atoms with van der Waals surface area (Å²) in [4.78, 5) is 38.3. The molecular formula is C72H124O6. The van der Waals surface area contributed by atoms with Crippen molar-refractivity contribution in [1.29, 1.82) is 0 Å². The van der Waals surface area contributed by atoms with Crippen LogP contribution >= 0.6 is 0 Å². The Balaban J connectivity index is 4.28. The molecule has 0 N–H and O–H groups in total. The molecule has 0 aromatic rings. The predicted octanol–water partition coefficient (Wildman–Crippen LogP) is 22.8. The van der Waals surface area contributed by atoms with E-state index in [1.807, 2.05) is 0 Å². The van der Waals surface area contributed by atoms with Gasteiger partial charge in [0.15, 0.2) is 6.10 Å². The third-order valence-corrected chi connectivity index (χ3v) is 14.3. The average molecular weight is 1090 g/mol. The quantitative estimate of drug-likeness (QED) is 0.0261. The number of esters is 3. The minimum Gasteiger partial charge on any atom is -0.462 e. The summed E-state index contributed by atoms with van der Waals surface area (Å²) < 4.78 is 16.9. The van der Waals surface area contributed by atoms with E-state index >= 15 is 0 Å². The molecular weight excluding hydrogens is 961 g/mol. The van der Waals surface area contributed by atoms with Crippen molar-refractivity contribution >= 4 is 17.9 Å². The highest BCUT2D eigenvalue weighted by molar-refractivity contribution is 5.71.